The molecule has 0 atom stereocenters. The van der Waals surface area contributed by atoms with Crippen LogP contribution in [0.25, 0.3) is 11.3 Å². The number of ether oxygens (including phenoxy) is 1. The summed E-state index contributed by atoms with van der Waals surface area (Å²) in [6, 6.07) is 16.3. The minimum Gasteiger partial charge on any atom is -0.484 e. The zero-order valence-corrected chi connectivity index (χ0v) is 13.7. The zero-order chi connectivity index (χ0) is 16.9. The Hall–Kier alpha value is -2.79. The second kappa shape index (κ2) is 7.19. The van der Waals surface area contributed by atoms with Crippen LogP contribution < -0.4 is 10.1 Å². The maximum atomic E-state index is 11.9. The van der Waals surface area contributed by atoms with Crippen LogP contribution >= 0.6 is 11.6 Å². The quantitative estimate of drug-likeness (QED) is 0.750. The summed E-state index contributed by atoms with van der Waals surface area (Å²) >= 11 is 5.79. The molecule has 0 fully saturated rings. The maximum absolute atomic E-state index is 11.9. The number of aryl methyl sites for hydroxylation is 1. The minimum absolute atomic E-state index is 0.137. The van der Waals surface area contributed by atoms with E-state index in [9.17, 15) is 4.79 Å². The van der Waals surface area contributed by atoms with E-state index in [0.717, 1.165) is 11.1 Å². The van der Waals surface area contributed by atoms with Gasteiger partial charge in [0.1, 0.15) is 11.4 Å². The van der Waals surface area contributed by atoms with Crippen molar-refractivity contribution >= 4 is 23.4 Å². The van der Waals surface area contributed by atoms with Gasteiger partial charge in [-0.25, -0.2) is 0 Å². The smallest absolute Gasteiger partial charge is 0.264 e. The van der Waals surface area contributed by atoms with Gasteiger partial charge in [-0.1, -0.05) is 46.6 Å². The average molecular weight is 343 g/mol. The lowest BCUT2D eigenvalue weighted by Crippen LogP contribution is -2.19. The molecule has 6 heteroatoms. The van der Waals surface area contributed by atoms with E-state index >= 15 is 0 Å². The van der Waals surface area contributed by atoms with Gasteiger partial charge in [0.15, 0.2) is 6.61 Å². The van der Waals surface area contributed by atoms with Crippen molar-refractivity contribution in [2.24, 2.45) is 0 Å². The van der Waals surface area contributed by atoms with Gasteiger partial charge in [0.05, 0.1) is 0 Å². The minimum atomic E-state index is -0.337. The molecule has 3 aromatic rings. The van der Waals surface area contributed by atoms with Crippen molar-refractivity contribution in [1.29, 1.82) is 0 Å². The van der Waals surface area contributed by atoms with Crippen LogP contribution in [0, 0.1) is 6.92 Å². The van der Waals surface area contributed by atoms with E-state index in [0.29, 0.717) is 16.5 Å². The molecule has 1 N–H and O–H groups in total. The predicted molar refractivity (Wildman–Crippen MR) is 92.3 cm³/mol. The molecule has 0 aliphatic rings. The number of hydrogen-bond acceptors (Lipinski definition) is 4. The van der Waals surface area contributed by atoms with Gasteiger partial charge in [0, 0.05) is 16.7 Å². The molecule has 1 heterocycles. The number of rotatable bonds is 5. The van der Waals surface area contributed by atoms with E-state index in [4.69, 9.17) is 20.9 Å². The van der Waals surface area contributed by atoms with Gasteiger partial charge in [-0.2, -0.15) is 0 Å². The third kappa shape index (κ3) is 4.14. The number of anilines is 1. The molecule has 0 saturated heterocycles. The first-order chi connectivity index (χ1) is 11.6. The van der Waals surface area contributed by atoms with Crippen molar-refractivity contribution in [2.75, 3.05) is 11.9 Å². The summed E-state index contributed by atoms with van der Waals surface area (Å²) in [7, 11) is 0. The largest absolute Gasteiger partial charge is 0.484 e. The Kier molecular flexibility index (Phi) is 4.82. The number of nitrogens with one attached hydrogen (secondary N) is 1. The lowest BCUT2D eigenvalue weighted by atomic mass is 10.1. The summed E-state index contributed by atoms with van der Waals surface area (Å²) in [5.41, 5.74) is 2.74. The first kappa shape index (κ1) is 16.1. The molecule has 0 radical (unpaired) electrons. The fourth-order valence-electron chi connectivity index (χ4n) is 2.05. The molecule has 5 nitrogen and oxygen atoms in total. The van der Waals surface area contributed by atoms with Crippen molar-refractivity contribution in [2.45, 2.75) is 6.92 Å². The number of carbonyl (C=O) groups excluding carboxylic acids is 1. The zero-order valence-electron chi connectivity index (χ0n) is 13.0. The summed E-state index contributed by atoms with van der Waals surface area (Å²) in [6.45, 7) is 1.88. The van der Waals surface area contributed by atoms with Crippen LogP contribution in [0.3, 0.4) is 0 Å². The van der Waals surface area contributed by atoms with Crippen molar-refractivity contribution in [1.82, 2.24) is 5.16 Å². The van der Waals surface area contributed by atoms with E-state index < -0.39 is 0 Å². The SMILES string of the molecule is Cc1ccc(-c2cc(NC(=O)COc3ccc(Cl)cc3)on2)cc1. The lowest BCUT2D eigenvalue weighted by Gasteiger charge is -2.05. The molecule has 122 valence electrons. The number of nitrogens with zero attached hydrogens (tertiary/aromatic N) is 1. The Morgan fingerprint density at radius 3 is 2.58 bits per heavy atom. The molecule has 0 aliphatic heterocycles. The number of aromatic nitrogens is 1. The van der Waals surface area contributed by atoms with Crippen LogP contribution in [-0.2, 0) is 4.79 Å². The molecule has 1 aromatic heterocycles. The Balaban J connectivity index is 1.57. The van der Waals surface area contributed by atoms with Crippen molar-refractivity contribution in [3.8, 4) is 17.0 Å². The second-order valence-electron chi connectivity index (χ2n) is 5.23. The Bertz CT molecular complexity index is 826. The van der Waals surface area contributed by atoms with Gasteiger partial charge >= 0.3 is 0 Å². The summed E-state index contributed by atoms with van der Waals surface area (Å²) < 4.78 is 10.5. The highest BCUT2D eigenvalue weighted by Gasteiger charge is 2.10. The second-order valence-corrected chi connectivity index (χ2v) is 5.67. The number of hydrogen-bond donors (Lipinski definition) is 1. The number of halogens is 1. The number of amides is 1. The van der Waals surface area contributed by atoms with E-state index in [1.54, 1.807) is 30.3 Å². The highest BCUT2D eigenvalue weighted by atomic mass is 35.5. The summed E-state index contributed by atoms with van der Waals surface area (Å²) in [5.74, 6) is 0.499. The van der Waals surface area contributed by atoms with Crippen LogP contribution in [0.4, 0.5) is 5.88 Å². The molecule has 2 aromatic carbocycles. The van der Waals surface area contributed by atoms with Crippen LogP contribution in [0.5, 0.6) is 5.75 Å². The third-order valence-corrected chi connectivity index (χ3v) is 3.56. The normalized spacial score (nSPS) is 10.4. The van der Waals surface area contributed by atoms with Crippen LogP contribution in [0.15, 0.2) is 59.1 Å². The van der Waals surface area contributed by atoms with Gasteiger partial charge in [0.25, 0.3) is 5.91 Å². The standard InChI is InChI=1S/C18H15ClN2O3/c1-12-2-4-13(5-3-12)16-10-18(24-21-16)20-17(22)11-23-15-8-6-14(19)7-9-15/h2-10H,11H2,1H3,(H,20,22). The van der Waals surface area contributed by atoms with Gasteiger partial charge in [0.2, 0.25) is 5.88 Å². The van der Waals surface area contributed by atoms with Gasteiger partial charge in [-0.05, 0) is 31.2 Å². The topological polar surface area (TPSA) is 64.4 Å². The molecule has 24 heavy (non-hydrogen) atoms. The first-order valence-corrected chi connectivity index (χ1v) is 7.70. The highest BCUT2D eigenvalue weighted by Crippen LogP contribution is 2.22. The summed E-state index contributed by atoms with van der Waals surface area (Å²) in [5, 5.41) is 7.17. The van der Waals surface area contributed by atoms with Gasteiger partial charge < -0.3 is 9.26 Å². The average Bonchev–Trinajstić information content (AvgIpc) is 3.03. The number of benzene rings is 2. The lowest BCUT2D eigenvalue weighted by molar-refractivity contribution is -0.118. The van der Waals surface area contributed by atoms with E-state index in [1.807, 2.05) is 31.2 Å². The molecular formula is C18H15ClN2O3. The fraction of sp³-hybridized carbons (Fsp3) is 0.111. The fourth-order valence-corrected chi connectivity index (χ4v) is 2.17. The summed E-state index contributed by atoms with van der Waals surface area (Å²) in [4.78, 5) is 11.9. The molecule has 0 saturated carbocycles. The predicted octanol–water partition coefficient (Wildman–Crippen LogP) is 4.32. The first-order valence-electron chi connectivity index (χ1n) is 7.32. The van der Waals surface area contributed by atoms with Crippen LogP contribution in [0.1, 0.15) is 5.56 Å². The molecule has 0 aliphatic carbocycles. The Morgan fingerprint density at radius 2 is 1.88 bits per heavy atom. The third-order valence-electron chi connectivity index (χ3n) is 3.30. The van der Waals surface area contributed by atoms with E-state index in [-0.39, 0.29) is 18.4 Å². The van der Waals surface area contributed by atoms with E-state index in [1.165, 1.54) is 0 Å². The van der Waals surface area contributed by atoms with Crippen LogP contribution in [0.2, 0.25) is 5.02 Å². The molecular weight excluding hydrogens is 328 g/mol. The Labute approximate surface area is 144 Å². The Morgan fingerprint density at radius 1 is 1.17 bits per heavy atom. The molecule has 1 amide bonds. The van der Waals surface area contributed by atoms with Crippen molar-refractivity contribution in [3.63, 3.8) is 0 Å². The van der Waals surface area contributed by atoms with E-state index in [2.05, 4.69) is 10.5 Å². The molecule has 0 spiro atoms. The molecule has 3 rings (SSSR count). The monoisotopic (exact) mass is 342 g/mol. The van der Waals surface area contributed by atoms with Crippen LogP contribution in [-0.4, -0.2) is 17.7 Å². The van der Waals surface area contributed by atoms with Gasteiger partial charge in [-0.3, -0.25) is 10.1 Å². The highest BCUT2D eigenvalue weighted by molar-refractivity contribution is 6.30. The number of carbonyl (C=O) groups is 1. The molecule has 0 bridgehead atoms. The van der Waals surface area contributed by atoms with Crippen molar-refractivity contribution < 1.29 is 14.1 Å². The van der Waals surface area contributed by atoms with Crippen molar-refractivity contribution in [3.05, 3.63) is 65.2 Å². The maximum Gasteiger partial charge on any atom is 0.264 e. The molecule has 0 unspecified atom stereocenters. The van der Waals surface area contributed by atoms with Gasteiger partial charge in [-0.15, -0.1) is 0 Å². The summed E-state index contributed by atoms with van der Waals surface area (Å²) in [6.07, 6.45) is 0.